The number of aryl methyl sites for hydroxylation is 2. The predicted octanol–water partition coefficient (Wildman–Crippen LogP) is 5.30. The van der Waals surface area contributed by atoms with Crippen LogP contribution < -0.4 is 10.6 Å². The molecule has 2 N–H and O–H groups in total. The van der Waals surface area contributed by atoms with Crippen molar-refractivity contribution in [3.8, 4) is 0 Å². The third-order valence-corrected chi connectivity index (χ3v) is 3.90. The van der Waals surface area contributed by atoms with Gasteiger partial charge in [-0.2, -0.15) is 0 Å². The standard InChI is InChI=1S/C21H20N2O/c1-15-11-13-17(14-12-15)22-21(24)18-8-4-6-10-20(18)23-19-9-5-3-7-16(19)2/h3-14,23H,1-2H3,(H,22,24). The van der Waals surface area contributed by atoms with E-state index in [1.807, 2.05) is 86.6 Å². The number of carbonyl (C=O) groups excluding carboxylic acids is 1. The molecular weight excluding hydrogens is 296 g/mol. The van der Waals surface area contributed by atoms with Crippen LogP contribution in [0.25, 0.3) is 0 Å². The van der Waals surface area contributed by atoms with Crippen molar-refractivity contribution >= 4 is 23.0 Å². The highest BCUT2D eigenvalue weighted by Gasteiger charge is 2.12. The second-order valence-corrected chi connectivity index (χ2v) is 5.81. The Labute approximate surface area is 142 Å². The highest BCUT2D eigenvalue weighted by molar-refractivity contribution is 6.08. The molecule has 3 aromatic carbocycles. The Morgan fingerprint density at radius 3 is 2.08 bits per heavy atom. The van der Waals surface area contributed by atoms with Gasteiger partial charge in [0.2, 0.25) is 0 Å². The molecule has 0 unspecified atom stereocenters. The summed E-state index contributed by atoms with van der Waals surface area (Å²) in [6.07, 6.45) is 0. The van der Waals surface area contributed by atoms with Crippen LogP contribution >= 0.6 is 0 Å². The quantitative estimate of drug-likeness (QED) is 0.686. The third kappa shape index (κ3) is 3.63. The van der Waals surface area contributed by atoms with Gasteiger partial charge in [-0.15, -0.1) is 0 Å². The number of amides is 1. The van der Waals surface area contributed by atoms with Gasteiger partial charge in [0.15, 0.2) is 0 Å². The van der Waals surface area contributed by atoms with Gasteiger partial charge >= 0.3 is 0 Å². The lowest BCUT2D eigenvalue weighted by atomic mass is 10.1. The van der Waals surface area contributed by atoms with E-state index in [0.717, 1.165) is 28.2 Å². The molecule has 0 radical (unpaired) electrons. The predicted molar refractivity (Wildman–Crippen MR) is 100 cm³/mol. The van der Waals surface area contributed by atoms with E-state index < -0.39 is 0 Å². The van der Waals surface area contributed by atoms with E-state index in [2.05, 4.69) is 10.6 Å². The van der Waals surface area contributed by atoms with Gasteiger partial charge in [-0.05, 0) is 49.7 Å². The molecule has 0 heterocycles. The molecule has 24 heavy (non-hydrogen) atoms. The summed E-state index contributed by atoms with van der Waals surface area (Å²) in [6.45, 7) is 4.06. The van der Waals surface area contributed by atoms with Crippen LogP contribution in [0.2, 0.25) is 0 Å². The minimum atomic E-state index is -0.129. The van der Waals surface area contributed by atoms with Crippen LogP contribution in [0.3, 0.4) is 0 Å². The van der Waals surface area contributed by atoms with Crippen molar-refractivity contribution in [3.63, 3.8) is 0 Å². The molecule has 0 aliphatic rings. The zero-order chi connectivity index (χ0) is 16.9. The molecule has 3 rings (SSSR count). The summed E-state index contributed by atoms with van der Waals surface area (Å²) in [5, 5.41) is 6.30. The number of benzene rings is 3. The number of anilines is 3. The van der Waals surface area contributed by atoms with Crippen LogP contribution in [0.1, 0.15) is 21.5 Å². The molecule has 3 aromatic rings. The second-order valence-electron chi connectivity index (χ2n) is 5.81. The first-order valence-corrected chi connectivity index (χ1v) is 7.93. The van der Waals surface area contributed by atoms with Gasteiger partial charge < -0.3 is 10.6 Å². The first-order valence-electron chi connectivity index (χ1n) is 7.93. The molecule has 3 heteroatoms. The zero-order valence-electron chi connectivity index (χ0n) is 13.8. The van der Waals surface area contributed by atoms with Crippen LogP contribution in [-0.2, 0) is 0 Å². The van der Waals surface area contributed by atoms with E-state index in [4.69, 9.17) is 0 Å². The lowest BCUT2D eigenvalue weighted by Gasteiger charge is -2.14. The minimum absolute atomic E-state index is 0.129. The molecule has 3 nitrogen and oxygen atoms in total. The Kier molecular flexibility index (Phi) is 4.62. The molecule has 0 aliphatic carbocycles. The number of nitrogens with one attached hydrogen (secondary N) is 2. The van der Waals surface area contributed by atoms with Gasteiger partial charge in [0, 0.05) is 11.4 Å². The molecule has 0 aromatic heterocycles. The Hall–Kier alpha value is -3.07. The molecular formula is C21H20N2O. The summed E-state index contributed by atoms with van der Waals surface area (Å²) >= 11 is 0. The molecule has 0 bridgehead atoms. The van der Waals surface area contributed by atoms with Gasteiger partial charge in [0.25, 0.3) is 5.91 Å². The minimum Gasteiger partial charge on any atom is -0.355 e. The van der Waals surface area contributed by atoms with Crippen molar-refractivity contribution < 1.29 is 4.79 Å². The number of hydrogen-bond donors (Lipinski definition) is 2. The SMILES string of the molecule is Cc1ccc(NC(=O)c2ccccc2Nc2ccccc2C)cc1. The topological polar surface area (TPSA) is 41.1 Å². The van der Waals surface area contributed by atoms with Crippen molar-refractivity contribution in [3.05, 3.63) is 89.5 Å². The van der Waals surface area contributed by atoms with Crippen LogP contribution in [-0.4, -0.2) is 5.91 Å². The number of carbonyl (C=O) groups is 1. The Morgan fingerprint density at radius 2 is 1.38 bits per heavy atom. The van der Waals surface area contributed by atoms with Crippen molar-refractivity contribution in [2.75, 3.05) is 10.6 Å². The first-order chi connectivity index (χ1) is 11.6. The van der Waals surface area contributed by atoms with Crippen molar-refractivity contribution in [2.45, 2.75) is 13.8 Å². The fourth-order valence-electron chi connectivity index (χ4n) is 2.48. The van der Waals surface area contributed by atoms with E-state index in [9.17, 15) is 4.79 Å². The lowest BCUT2D eigenvalue weighted by molar-refractivity contribution is 0.102. The van der Waals surface area contributed by atoms with Gasteiger partial charge in [0.05, 0.1) is 11.3 Å². The molecule has 0 atom stereocenters. The summed E-state index contributed by atoms with van der Waals surface area (Å²) in [7, 11) is 0. The zero-order valence-corrected chi connectivity index (χ0v) is 13.8. The maximum atomic E-state index is 12.6. The molecule has 0 spiro atoms. The van der Waals surface area contributed by atoms with Gasteiger partial charge in [0.1, 0.15) is 0 Å². The average molecular weight is 316 g/mol. The van der Waals surface area contributed by atoms with Gasteiger partial charge in [-0.3, -0.25) is 4.79 Å². The summed E-state index contributed by atoms with van der Waals surface area (Å²) in [6, 6.07) is 23.3. The normalized spacial score (nSPS) is 10.2. The number of para-hydroxylation sites is 2. The fraction of sp³-hybridized carbons (Fsp3) is 0.0952. The Balaban J connectivity index is 1.84. The highest BCUT2D eigenvalue weighted by atomic mass is 16.1. The lowest BCUT2D eigenvalue weighted by Crippen LogP contribution is -2.14. The van der Waals surface area contributed by atoms with Gasteiger partial charge in [-0.1, -0.05) is 48.0 Å². The fourth-order valence-corrected chi connectivity index (χ4v) is 2.48. The smallest absolute Gasteiger partial charge is 0.257 e. The van der Waals surface area contributed by atoms with Crippen LogP contribution in [0.4, 0.5) is 17.1 Å². The summed E-state index contributed by atoms with van der Waals surface area (Å²) < 4.78 is 0. The molecule has 0 saturated carbocycles. The monoisotopic (exact) mass is 316 g/mol. The van der Waals surface area contributed by atoms with Crippen molar-refractivity contribution in [1.29, 1.82) is 0 Å². The van der Waals surface area contributed by atoms with Crippen LogP contribution in [0, 0.1) is 13.8 Å². The number of hydrogen-bond acceptors (Lipinski definition) is 2. The van der Waals surface area contributed by atoms with E-state index >= 15 is 0 Å². The summed E-state index contributed by atoms with van der Waals surface area (Å²) in [5.41, 5.74) is 5.47. The third-order valence-electron chi connectivity index (χ3n) is 3.90. The van der Waals surface area contributed by atoms with Crippen molar-refractivity contribution in [1.82, 2.24) is 0 Å². The molecule has 120 valence electrons. The maximum Gasteiger partial charge on any atom is 0.257 e. The Morgan fingerprint density at radius 1 is 0.750 bits per heavy atom. The average Bonchev–Trinajstić information content (AvgIpc) is 2.59. The maximum absolute atomic E-state index is 12.6. The summed E-state index contributed by atoms with van der Waals surface area (Å²) in [5.74, 6) is -0.129. The van der Waals surface area contributed by atoms with E-state index in [-0.39, 0.29) is 5.91 Å². The van der Waals surface area contributed by atoms with E-state index in [1.165, 1.54) is 0 Å². The summed E-state index contributed by atoms with van der Waals surface area (Å²) in [4.78, 5) is 12.6. The van der Waals surface area contributed by atoms with E-state index in [0.29, 0.717) is 5.56 Å². The Bertz CT molecular complexity index is 854. The number of rotatable bonds is 4. The van der Waals surface area contributed by atoms with Crippen molar-refractivity contribution in [2.24, 2.45) is 0 Å². The molecule has 0 aliphatic heterocycles. The molecule has 0 fully saturated rings. The molecule has 1 amide bonds. The van der Waals surface area contributed by atoms with Crippen LogP contribution in [0.5, 0.6) is 0 Å². The largest absolute Gasteiger partial charge is 0.355 e. The van der Waals surface area contributed by atoms with Crippen LogP contribution in [0.15, 0.2) is 72.8 Å². The van der Waals surface area contributed by atoms with Gasteiger partial charge in [-0.25, -0.2) is 0 Å². The molecule has 0 saturated heterocycles. The highest BCUT2D eigenvalue weighted by Crippen LogP contribution is 2.24. The second kappa shape index (κ2) is 7.01. The first kappa shape index (κ1) is 15.8. The van der Waals surface area contributed by atoms with E-state index in [1.54, 1.807) is 0 Å².